The van der Waals surface area contributed by atoms with Crippen molar-refractivity contribution in [2.45, 2.75) is 17.3 Å². The third kappa shape index (κ3) is 3.18. The molecule has 1 aromatic heterocycles. The largest absolute Gasteiger partial charge is 0.497 e. The fourth-order valence-corrected chi connectivity index (χ4v) is 3.92. The van der Waals surface area contributed by atoms with Crippen molar-refractivity contribution >= 4 is 23.5 Å². The lowest BCUT2D eigenvalue weighted by Gasteiger charge is -2.23. The molecule has 1 aliphatic heterocycles. The topological polar surface area (TPSA) is 84.8 Å². The molecule has 0 aliphatic carbocycles. The van der Waals surface area contributed by atoms with Crippen LogP contribution in [0.2, 0.25) is 0 Å². The molecule has 0 saturated carbocycles. The zero-order chi connectivity index (χ0) is 21.3. The van der Waals surface area contributed by atoms with E-state index in [2.05, 4.69) is 9.97 Å². The first kappa shape index (κ1) is 20.2. The number of methoxy groups -OCH3 is 2. The summed E-state index contributed by atoms with van der Waals surface area (Å²) in [6.07, 6.45) is 1.84. The number of carbonyl (C=O) groups is 1. The molecule has 2 aromatic carbocycles. The molecule has 7 nitrogen and oxygen atoms in total. The number of hydrogen-bond donors (Lipinski definition) is 1. The van der Waals surface area contributed by atoms with Gasteiger partial charge in [-0.1, -0.05) is 54.2 Å². The average molecular weight is 423 g/mol. The number of nitrogens with zero attached hydrogens (tertiary/aromatic N) is 3. The van der Waals surface area contributed by atoms with Crippen LogP contribution in [0, 0.1) is 0 Å². The second-order valence-corrected chi connectivity index (χ2v) is 7.51. The van der Waals surface area contributed by atoms with Crippen molar-refractivity contribution in [1.29, 1.82) is 0 Å². The number of thioether (sulfide) groups is 1. The van der Waals surface area contributed by atoms with Crippen molar-refractivity contribution in [3.63, 3.8) is 0 Å². The van der Waals surface area contributed by atoms with Gasteiger partial charge in [0.05, 0.1) is 20.8 Å². The molecule has 8 heteroatoms. The summed E-state index contributed by atoms with van der Waals surface area (Å²) in [5, 5.41) is 12.2. The van der Waals surface area contributed by atoms with Gasteiger partial charge in [0.2, 0.25) is 11.5 Å². The van der Waals surface area contributed by atoms with Crippen LogP contribution in [0.15, 0.2) is 59.8 Å². The molecule has 0 radical (unpaired) electrons. The Balaban J connectivity index is 1.88. The Morgan fingerprint density at radius 3 is 2.33 bits per heavy atom. The minimum atomic E-state index is -1.94. The van der Waals surface area contributed by atoms with Crippen LogP contribution in [0.4, 0.5) is 5.82 Å². The first-order chi connectivity index (χ1) is 14.5. The van der Waals surface area contributed by atoms with Crippen LogP contribution in [-0.2, 0) is 16.9 Å². The molecule has 0 saturated heterocycles. The predicted octanol–water partition coefficient (Wildman–Crippen LogP) is 3.00. The summed E-state index contributed by atoms with van der Waals surface area (Å²) < 4.78 is 10.7. The number of fused-ring (bicyclic) bond motifs is 1. The van der Waals surface area contributed by atoms with Crippen LogP contribution >= 0.6 is 11.8 Å². The van der Waals surface area contributed by atoms with Gasteiger partial charge in [-0.3, -0.25) is 9.69 Å². The molecule has 4 rings (SSSR count). The number of rotatable bonds is 6. The predicted molar refractivity (Wildman–Crippen MR) is 114 cm³/mol. The maximum Gasteiger partial charge on any atom is 0.270 e. The highest BCUT2D eigenvalue weighted by atomic mass is 32.2. The summed E-state index contributed by atoms with van der Waals surface area (Å²) in [5.41, 5.74) is -0.374. The van der Waals surface area contributed by atoms with E-state index in [1.165, 1.54) is 23.8 Å². The molecule has 0 fully saturated rings. The van der Waals surface area contributed by atoms with E-state index in [1.54, 1.807) is 31.4 Å². The second-order valence-electron chi connectivity index (χ2n) is 6.73. The fraction of sp³-hybridized carbons (Fsp3) is 0.227. The lowest BCUT2D eigenvalue weighted by molar-refractivity contribution is -0.132. The lowest BCUT2D eigenvalue weighted by Crippen LogP contribution is -2.41. The zero-order valence-electron chi connectivity index (χ0n) is 16.8. The number of hydrogen-bond acceptors (Lipinski definition) is 7. The highest BCUT2D eigenvalue weighted by Crippen LogP contribution is 2.48. The van der Waals surface area contributed by atoms with Gasteiger partial charge in [0, 0.05) is 0 Å². The van der Waals surface area contributed by atoms with Gasteiger partial charge in [0.25, 0.3) is 5.91 Å². The van der Waals surface area contributed by atoms with E-state index in [9.17, 15) is 9.90 Å². The van der Waals surface area contributed by atoms with Gasteiger partial charge >= 0.3 is 0 Å². The van der Waals surface area contributed by atoms with Crippen LogP contribution in [0.5, 0.6) is 11.6 Å². The van der Waals surface area contributed by atoms with Crippen molar-refractivity contribution < 1.29 is 19.4 Å². The van der Waals surface area contributed by atoms with Gasteiger partial charge in [0.1, 0.15) is 11.3 Å². The van der Waals surface area contributed by atoms with Gasteiger partial charge in [-0.25, -0.2) is 4.98 Å². The SMILES string of the molecule is COc1ccc(CN2C(=O)C(O)(c3ccccc3)c3c(OC)nc(SC)nc32)cc1. The van der Waals surface area contributed by atoms with Crippen LogP contribution in [-0.4, -0.2) is 41.5 Å². The fourth-order valence-electron chi connectivity index (χ4n) is 3.57. The highest BCUT2D eigenvalue weighted by Gasteiger charge is 2.55. The number of amides is 1. The van der Waals surface area contributed by atoms with Gasteiger partial charge < -0.3 is 14.6 Å². The van der Waals surface area contributed by atoms with Crippen molar-refractivity contribution in [1.82, 2.24) is 9.97 Å². The van der Waals surface area contributed by atoms with Crippen molar-refractivity contribution in [2.24, 2.45) is 0 Å². The first-order valence-electron chi connectivity index (χ1n) is 9.26. The molecule has 1 N–H and O–H groups in total. The van der Waals surface area contributed by atoms with E-state index in [4.69, 9.17) is 9.47 Å². The smallest absolute Gasteiger partial charge is 0.270 e. The molecule has 1 amide bonds. The molecule has 154 valence electrons. The molecule has 0 spiro atoms. The first-order valence-corrected chi connectivity index (χ1v) is 10.5. The van der Waals surface area contributed by atoms with E-state index < -0.39 is 11.5 Å². The zero-order valence-corrected chi connectivity index (χ0v) is 17.6. The second kappa shape index (κ2) is 7.97. The highest BCUT2D eigenvalue weighted by molar-refractivity contribution is 7.98. The van der Waals surface area contributed by atoms with E-state index >= 15 is 0 Å². The van der Waals surface area contributed by atoms with Gasteiger partial charge in [-0.05, 0) is 29.5 Å². The molecule has 2 heterocycles. The van der Waals surface area contributed by atoms with E-state index in [0.29, 0.717) is 16.5 Å². The Kier molecular flexibility index (Phi) is 5.36. The summed E-state index contributed by atoms with van der Waals surface area (Å²) in [6.45, 7) is 0.235. The summed E-state index contributed by atoms with van der Waals surface area (Å²) >= 11 is 1.34. The Morgan fingerprint density at radius 2 is 1.73 bits per heavy atom. The van der Waals surface area contributed by atoms with Crippen LogP contribution in [0.25, 0.3) is 0 Å². The summed E-state index contributed by atoms with van der Waals surface area (Å²) in [5.74, 6) is 0.756. The van der Waals surface area contributed by atoms with Gasteiger partial charge in [0.15, 0.2) is 11.0 Å². The quantitative estimate of drug-likeness (QED) is 0.482. The number of aromatic nitrogens is 2. The van der Waals surface area contributed by atoms with E-state index in [-0.39, 0.29) is 18.0 Å². The monoisotopic (exact) mass is 423 g/mol. The number of aliphatic hydroxyl groups is 1. The van der Waals surface area contributed by atoms with Crippen molar-refractivity contribution in [3.05, 3.63) is 71.3 Å². The standard InChI is InChI=1S/C22H21N3O4S/c1-28-16-11-9-14(10-12-16)13-25-18-17(19(29-2)24-21(23-18)30-3)22(27,20(25)26)15-7-5-4-6-8-15/h4-12,27H,13H2,1-3H3. The van der Waals surface area contributed by atoms with Crippen LogP contribution < -0.4 is 14.4 Å². The number of benzene rings is 2. The maximum atomic E-state index is 13.6. The van der Waals surface area contributed by atoms with Gasteiger partial charge in [-0.15, -0.1) is 0 Å². The van der Waals surface area contributed by atoms with Crippen LogP contribution in [0.3, 0.4) is 0 Å². The average Bonchev–Trinajstić information content (AvgIpc) is 3.02. The number of anilines is 1. The van der Waals surface area contributed by atoms with Gasteiger partial charge in [-0.2, -0.15) is 4.98 Å². The third-order valence-corrected chi connectivity index (χ3v) is 5.62. The third-order valence-electron chi connectivity index (χ3n) is 5.08. The Labute approximate surface area is 178 Å². The normalized spacial score (nSPS) is 17.7. The Hall–Kier alpha value is -3.10. The number of ether oxygens (including phenoxy) is 2. The van der Waals surface area contributed by atoms with Crippen molar-refractivity contribution in [3.8, 4) is 11.6 Å². The molecule has 0 bridgehead atoms. The number of carbonyl (C=O) groups excluding carboxylic acids is 1. The molecular weight excluding hydrogens is 402 g/mol. The minimum absolute atomic E-state index is 0.182. The maximum absolute atomic E-state index is 13.6. The minimum Gasteiger partial charge on any atom is -0.497 e. The molecule has 1 aliphatic rings. The van der Waals surface area contributed by atoms with Crippen molar-refractivity contribution in [2.75, 3.05) is 25.4 Å². The summed E-state index contributed by atoms with van der Waals surface area (Å²) in [7, 11) is 3.07. The van der Waals surface area contributed by atoms with E-state index in [1.807, 2.05) is 36.6 Å². The molecule has 1 unspecified atom stereocenters. The molecule has 1 atom stereocenters. The molecule has 30 heavy (non-hydrogen) atoms. The lowest BCUT2D eigenvalue weighted by atomic mass is 9.88. The molecule has 3 aromatic rings. The summed E-state index contributed by atoms with van der Waals surface area (Å²) in [6, 6.07) is 16.2. The Morgan fingerprint density at radius 1 is 1.03 bits per heavy atom. The summed E-state index contributed by atoms with van der Waals surface area (Å²) in [4.78, 5) is 24.0. The molecular formula is C22H21N3O4S. The van der Waals surface area contributed by atoms with Crippen LogP contribution in [0.1, 0.15) is 16.7 Å². The Bertz CT molecular complexity index is 1080. The van der Waals surface area contributed by atoms with E-state index in [0.717, 1.165) is 11.3 Å².